The van der Waals surface area contributed by atoms with E-state index < -0.39 is 10.0 Å². The van der Waals surface area contributed by atoms with Crippen molar-refractivity contribution in [2.24, 2.45) is 0 Å². The third kappa shape index (κ3) is 3.85. The number of hydrogen-bond donors (Lipinski definition) is 1. The molecule has 1 atom stereocenters. The summed E-state index contributed by atoms with van der Waals surface area (Å²) in [6, 6.07) is 13.5. The highest BCUT2D eigenvalue weighted by Gasteiger charge is 2.22. The first kappa shape index (κ1) is 18.3. The highest BCUT2D eigenvalue weighted by Crippen LogP contribution is 2.24. The van der Waals surface area contributed by atoms with Gasteiger partial charge in [0.2, 0.25) is 10.0 Å². The minimum Gasteiger partial charge on any atom is -0.260 e. The van der Waals surface area contributed by atoms with Gasteiger partial charge in [-0.2, -0.15) is 10.4 Å². The average molecular weight is 387 g/mol. The van der Waals surface area contributed by atoms with Crippen LogP contribution in [0.1, 0.15) is 27.9 Å². The fraction of sp³-hybridized carbons (Fsp3) is 0.222. The van der Waals surface area contributed by atoms with Crippen molar-refractivity contribution >= 4 is 21.4 Å². The van der Waals surface area contributed by atoms with Gasteiger partial charge in [-0.3, -0.25) is 4.68 Å². The monoisotopic (exact) mass is 386 g/mol. The zero-order valence-corrected chi connectivity index (χ0v) is 16.0. The van der Waals surface area contributed by atoms with Gasteiger partial charge in [0, 0.05) is 17.1 Å². The molecular formula is C18H18N4O2S2. The van der Waals surface area contributed by atoms with Crippen LogP contribution in [0.25, 0.3) is 0 Å². The molecule has 3 aromatic rings. The highest BCUT2D eigenvalue weighted by molar-refractivity contribution is 7.89. The standard InChI is InChI=1S/C18H18N4O2S2/c1-13-10-14(2)22(21-13)17(18-4-3-9-25-18)12-20-26(23,24)16-7-5-15(11-19)6-8-16/h3-10,17,20H,12H2,1-2H3. The Hall–Kier alpha value is -2.47. The Bertz CT molecular complexity index is 1030. The van der Waals surface area contributed by atoms with Crippen LogP contribution >= 0.6 is 11.3 Å². The first-order valence-corrected chi connectivity index (χ1v) is 10.3. The summed E-state index contributed by atoms with van der Waals surface area (Å²) in [6.07, 6.45) is 0. The topological polar surface area (TPSA) is 87.8 Å². The molecule has 0 aliphatic carbocycles. The van der Waals surface area contributed by atoms with Crippen LogP contribution in [0.5, 0.6) is 0 Å². The molecule has 2 aromatic heterocycles. The molecule has 0 aliphatic rings. The second kappa shape index (κ2) is 7.41. The molecule has 2 heterocycles. The Balaban J connectivity index is 1.86. The summed E-state index contributed by atoms with van der Waals surface area (Å²) in [5.74, 6) is 0. The van der Waals surface area contributed by atoms with Gasteiger partial charge < -0.3 is 0 Å². The van der Waals surface area contributed by atoms with E-state index in [-0.39, 0.29) is 17.5 Å². The highest BCUT2D eigenvalue weighted by atomic mass is 32.2. The molecule has 0 bridgehead atoms. The Labute approximate surface area is 156 Å². The Morgan fingerprint density at radius 3 is 2.54 bits per heavy atom. The van der Waals surface area contributed by atoms with Gasteiger partial charge in [-0.1, -0.05) is 6.07 Å². The Kier molecular flexibility index (Phi) is 5.23. The zero-order valence-electron chi connectivity index (χ0n) is 14.4. The molecule has 0 fully saturated rings. The molecule has 0 amide bonds. The predicted octanol–water partition coefficient (Wildman–Crippen LogP) is 3.00. The van der Waals surface area contributed by atoms with Crippen molar-refractivity contribution in [2.45, 2.75) is 24.8 Å². The first-order chi connectivity index (χ1) is 12.4. The number of nitrogens with one attached hydrogen (secondary N) is 1. The summed E-state index contributed by atoms with van der Waals surface area (Å²) in [6.45, 7) is 4.05. The summed E-state index contributed by atoms with van der Waals surface area (Å²) in [4.78, 5) is 1.16. The van der Waals surface area contributed by atoms with Crippen molar-refractivity contribution in [1.82, 2.24) is 14.5 Å². The molecule has 1 N–H and O–H groups in total. The largest absolute Gasteiger partial charge is 0.260 e. The fourth-order valence-electron chi connectivity index (χ4n) is 2.73. The predicted molar refractivity (Wildman–Crippen MR) is 101 cm³/mol. The maximum absolute atomic E-state index is 12.6. The van der Waals surface area contributed by atoms with Gasteiger partial charge in [0.15, 0.2) is 0 Å². The van der Waals surface area contributed by atoms with E-state index in [2.05, 4.69) is 9.82 Å². The molecule has 0 saturated heterocycles. The minimum atomic E-state index is -3.68. The number of nitriles is 1. The van der Waals surface area contributed by atoms with Gasteiger partial charge in [0.05, 0.1) is 28.3 Å². The number of aryl methyl sites for hydroxylation is 2. The maximum atomic E-state index is 12.6. The number of aromatic nitrogens is 2. The zero-order chi connectivity index (χ0) is 18.7. The van der Waals surface area contributed by atoms with E-state index in [9.17, 15) is 8.42 Å². The van der Waals surface area contributed by atoms with Crippen molar-refractivity contribution in [3.8, 4) is 6.07 Å². The van der Waals surface area contributed by atoms with Crippen molar-refractivity contribution in [3.05, 3.63) is 69.7 Å². The van der Waals surface area contributed by atoms with Crippen LogP contribution in [0.2, 0.25) is 0 Å². The number of benzene rings is 1. The van der Waals surface area contributed by atoms with Crippen molar-refractivity contribution < 1.29 is 8.42 Å². The van der Waals surface area contributed by atoms with E-state index in [0.29, 0.717) is 5.56 Å². The summed E-state index contributed by atoms with van der Waals surface area (Å²) >= 11 is 1.56. The van der Waals surface area contributed by atoms with Crippen LogP contribution in [-0.2, 0) is 10.0 Å². The quantitative estimate of drug-likeness (QED) is 0.705. The number of sulfonamides is 1. The van der Waals surface area contributed by atoms with Gasteiger partial charge in [0.25, 0.3) is 0 Å². The van der Waals surface area contributed by atoms with Crippen LogP contribution in [0, 0.1) is 25.2 Å². The lowest BCUT2D eigenvalue weighted by atomic mass is 10.2. The lowest BCUT2D eigenvalue weighted by Gasteiger charge is -2.19. The molecule has 0 radical (unpaired) electrons. The van der Waals surface area contributed by atoms with E-state index in [4.69, 9.17) is 5.26 Å². The van der Waals surface area contributed by atoms with Crippen LogP contribution in [0.4, 0.5) is 0 Å². The molecule has 0 saturated carbocycles. The van der Waals surface area contributed by atoms with E-state index in [1.807, 2.05) is 48.2 Å². The molecule has 0 aliphatic heterocycles. The number of hydrogen-bond acceptors (Lipinski definition) is 5. The molecule has 1 unspecified atom stereocenters. The van der Waals surface area contributed by atoms with E-state index in [1.54, 1.807) is 11.3 Å². The molecule has 3 rings (SSSR count). The first-order valence-electron chi connectivity index (χ1n) is 7.96. The SMILES string of the molecule is Cc1cc(C)n(C(CNS(=O)(=O)c2ccc(C#N)cc2)c2cccs2)n1. The van der Waals surface area contributed by atoms with Gasteiger partial charge in [0.1, 0.15) is 0 Å². The normalized spacial score (nSPS) is 12.7. The second-order valence-corrected chi connectivity index (χ2v) is 8.64. The van der Waals surface area contributed by atoms with E-state index >= 15 is 0 Å². The van der Waals surface area contributed by atoms with Gasteiger partial charge >= 0.3 is 0 Å². The van der Waals surface area contributed by atoms with E-state index in [0.717, 1.165) is 16.3 Å². The molecule has 8 heteroatoms. The minimum absolute atomic E-state index is 0.134. The van der Waals surface area contributed by atoms with Crippen molar-refractivity contribution in [1.29, 1.82) is 5.26 Å². The van der Waals surface area contributed by atoms with Gasteiger partial charge in [-0.05, 0) is 55.6 Å². The fourth-order valence-corrected chi connectivity index (χ4v) is 4.58. The molecule has 26 heavy (non-hydrogen) atoms. The van der Waals surface area contributed by atoms with Crippen LogP contribution in [0.15, 0.2) is 52.7 Å². The number of thiophene rings is 1. The van der Waals surface area contributed by atoms with Crippen LogP contribution in [0.3, 0.4) is 0 Å². The van der Waals surface area contributed by atoms with Crippen LogP contribution in [-0.4, -0.2) is 24.7 Å². The second-order valence-electron chi connectivity index (χ2n) is 5.89. The van der Waals surface area contributed by atoms with Crippen molar-refractivity contribution in [2.75, 3.05) is 6.54 Å². The third-order valence-corrected chi connectivity index (χ3v) is 6.38. The average Bonchev–Trinajstić information content (AvgIpc) is 3.25. The number of rotatable bonds is 6. The Morgan fingerprint density at radius 1 is 1.27 bits per heavy atom. The van der Waals surface area contributed by atoms with E-state index in [1.165, 1.54) is 24.3 Å². The van der Waals surface area contributed by atoms with Gasteiger partial charge in [-0.25, -0.2) is 13.1 Å². The maximum Gasteiger partial charge on any atom is 0.240 e. The molecule has 6 nitrogen and oxygen atoms in total. The number of nitrogens with zero attached hydrogens (tertiary/aromatic N) is 3. The molecule has 1 aromatic carbocycles. The molecule has 134 valence electrons. The molecule has 0 spiro atoms. The molecular weight excluding hydrogens is 368 g/mol. The summed E-state index contributed by atoms with van der Waals surface area (Å²) in [5.41, 5.74) is 2.28. The summed E-state index contributed by atoms with van der Waals surface area (Å²) in [5, 5.41) is 15.3. The lowest BCUT2D eigenvalue weighted by Crippen LogP contribution is -2.32. The Morgan fingerprint density at radius 2 is 2.00 bits per heavy atom. The summed E-state index contributed by atoms with van der Waals surface area (Å²) < 4.78 is 29.7. The van der Waals surface area contributed by atoms with Crippen molar-refractivity contribution in [3.63, 3.8) is 0 Å². The van der Waals surface area contributed by atoms with Gasteiger partial charge in [-0.15, -0.1) is 11.3 Å². The van der Waals surface area contributed by atoms with Crippen LogP contribution < -0.4 is 4.72 Å². The lowest BCUT2D eigenvalue weighted by molar-refractivity contribution is 0.499. The smallest absolute Gasteiger partial charge is 0.240 e. The third-order valence-electron chi connectivity index (χ3n) is 3.97. The summed E-state index contributed by atoms with van der Waals surface area (Å²) in [7, 11) is -3.68.